The number of rotatable bonds is 7. The van der Waals surface area contributed by atoms with Crippen LogP contribution in [0.15, 0.2) is 18.2 Å². The van der Waals surface area contributed by atoms with Crippen LogP contribution in [-0.4, -0.2) is 25.5 Å². The lowest BCUT2D eigenvalue weighted by molar-refractivity contribution is -0.117. The topological polar surface area (TPSA) is 38.3 Å². The molecule has 0 spiro atoms. The van der Waals surface area contributed by atoms with Gasteiger partial charge in [-0.15, -0.1) is 0 Å². The third-order valence-electron chi connectivity index (χ3n) is 2.91. The van der Waals surface area contributed by atoms with Crippen molar-refractivity contribution < 1.29 is 13.9 Å². The van der Waals surface area contributed by atoms with Crippen LogP contribution < -0.4 is 10.1 Å². The number of ether oxygens (including phenoxy) is 1. The van der Waals surface area contributed by atoms with Crippen LogP contribution in [0.1, 0.15) is 25.8 Å². The fraction of sp³-hybridized carbons (Fsp3) is 0.500. The molecule has 0 bridgehead atoms. The van der Waals surface area contributed by atoms with Gasteiger partial charge in [-0.2, -0.15) is 0 Å². The molecule has 0 saturated heterocycles. The Kier molecular flexibility index (Phi) is 5.78. The normalized spacial score (nSPS) is 12.2. The van der Waals surface area contributed by atoms with Crippen molar-refractivity contribution in [1.82, 2.24) is 5.32 Å². The van der Waals surface area contributed by atoms with E-state index in [2.05, 4.69) is 5.32 Å². The highest BCUT2D eigenvalue weighted by molar-refractivity contribution is 5.83. The number of hydrogen-bond donors (Lipinski definition) is 1. The van der Waals surface area contributed by atoms with Gasteiger partial charge >= 0.3 is 0 Å². The number of carbonyl (C=O) groups excluding carboxylic acids is 1. The zero-order chi connectivity index (χ0) is 13.5. The van der Waals surface area contributed by atoms with Crippen molar-refractivity contribution in [2.24, 2.45) is 0 Å². The summed E-state index contributed by atoms with van der Waals surface area (Å²) in [6.07, 6.45) is 1.05. The van der Waals surface area contributed by atoms with Gasteiger partial charge in [0.1, 0.15) is 0 Å². The van der Waals surface area contributed by atoms with Crippen LogP contribution in [0.4, 0.5) is 4.39 Å². The molecule has 1 rings (SSSR count). The van der Waals surface area contributed by atoms with Crippen LogP contribution in [0.2, 0.25) is 0 Å². The highest BCUT2D eigenvalue weighted by atomic mass is 19.1. The summed E-state index contributed by atoms with van der Waals surface area (Å²) in [5, 5.41) is 3.10. The molecule has 1 N–H and O–H groups in total. The first-order valence-corrected chi connectivity index (χ1v) is 6.15. The molecule has 1 aromatic carbocycles. The molecule has 18 heavy (non-hydrogen) atoms. The van der Waals surface area contributed by atoms with Crippen molar-refractivity contribution in [3.63, 3.8) is 0 Å². The van der Waals surface area contributed by atoms with Crippen molar-refractivity contribution in [2.45, 2.75) is 32.7 Å². The van der Waals surface area contributed by atoms with E-state index in [4.69, 9.17) is 4.74 Å². The molecule has 3 nitrogen and oxygen atoms in total. The van der Waals surface area contributed by atoms with E-state index < -0.39 is 5.82 Å². The van der Waals surface area contributed by atoms with E-state index in [0.29, 0.717) is 11.6 Å². The molecule has 100 valence electrons. The molecule has 1 aromatic rings. The number of ketones is 1. The molecule has 0 heterocycles. The summed E-state index contributed by atoms with van der Waals surface area (Å²) in [6.45, 7) is 4.33. The predicted octanol–water partition coefficient (Wildman–Crippen LogP) is 2.33. The van der Waals surface area contributed by atoms with Crippen molar-refractivity contribution in [2.75, 3.05) is 13.7 Å². The SMILES string of the molecule is CCC(C)NCC(=O)Cc1cccc(OC)c1F. The number of Topliss-reactive ketones (excluding diaryl/α,β-unsaturated/α-hetero) is 1. The van der Waals surface area contributed by atoms with Gasteiger partial charge in [0, 0.05) is 12.5 Å². The monoisotopic (exact) mass is 253 g/mol. The quantitative estimate of drug-likeness (QED) is 0.810. The van der Waals surface area contributed by atoms with Gasteiger partial charge in [-0.3, -0.25) is 4.79 Å². The van der Waals surface area contributed by atoms with Crippen LogP contribution in [0, 0.1) is 5.82 Å². The lowest BCUT2D eigenvalue weighted by Gasteiger charge is -2.11. The van der Waals surface area contributed by atoms with Gasteiger partial charge in [0.05, 0.1) is 13.7 Å². The molecule has 0 fully saturated rings. The summed E-state index contributed by atoms with van der Waals surface area (Å²) in [6, 6.07) is 5.14. The van der Waals surface area contributed by atoms with Gasteiger partial charge in [-0.05, 0) is 25.0 Å². The van der Waals surface area contributed by atoms with E-state index in [1.165, 1.54) is 7.11 Å². The van der Waals surface area contributed by atoms with Gasteiger partial charge < -0.3 is 10.1 Å². The Morgan fingerprint density at radius 1 is 1.50 bits per heavy atom. The highest BCUT2D eigenvalue weighted by Crippen LogP contribution is 2.20. The Balaban J connectivity index is 2.59. The Morgan fingerprint density at radius 2 is 2.22 bits per heavy atom. The van der Waals surface area contributed by atoms with Gasteiger partial charge in [-0.25, -0.2) is 4.39 Å². The summed E-state index contributed by atoms with van der Waals surface area (Å²) in [4.78, 5) is 11.7. The number of benzene rings is 1. The minimum Gasteiger partial charge on any atom is -0.494 e. The average Bonchev–Trinajstić information content (AvgIpc) is 2.38. The van der Waals surface area contributed by atoms with Crippen LogP contribution in [0.25, 0.3) is 0 Å². The van der Waals surface area contributed by atoms with E-state index in [1.807, 2.05) is 13.8 Å². The summed E-state index contributed by atoms with van der Waals surface area (Å²) in [7, 11) is 1.41. The molecule has 0 aliphatic heterocycles. The summed E-state index contributed by atoms with van der Waals surface area (Å²) in [5.74, 6) is -0.297. The molecule has 4 heteroatoms. The van der Waals surface area contributed by atoms with Crippen LogP contribution in [0.5, 0.6) is 5.75 Å². The zero-order valence-corrected chi connectivity index (χ0v) is 11.1. The molecule has 0 radical (unpaired) electrons. The standard InChI is InChI=1S/C14H20FNO2/c1-4-10(2)16-9-12(17)8-11-6-5-7-13(18-3)14(11)15/h5-7,10,16H,4,8-9H2,1-3H3. The number of halogens is 1. The van der Waals surface area contributed by atoms with Gasteiger partial charge in [0.2, 0.25) is 0 Å². The molecule has 0 aliphatic carbocycles. The van der Waals surface area contributed by atoms with Crippen LogP contribution >= 0.6 is 0 Å². The Hall–Kier alpha value is -1.42. The van der Waals surface area contributed by atoms with E-state index in [0.717, 1.165) is 6.42 Å². The van der Waals surface area contributed by atoms with Crippen molar-refractivity contribution >= 4 is 5.78 Å². The van der Waals surface area contributed by atoms with Crippen molar-refractivity contribution in [3.05, 3.63) is 29.6 Å². The Bertz CT molecular complexity index is 407. The average molecular weight is 253 g/mol. The van der Waals surface area contributed by atoms with E-state index in [-0.39, 0.29) is 24.5 Å². The lowest BCUT2D eigenvalue weighted by atomic mass is 10.1. The molecule has 0 saturated carbocycles. The maximum absolute atomic E-state index is 13.8. The smallest absolute Gasteiger partial charge is 0.168 e. The third-order valence-corrected chi connectivity index (χ3v) is 2.91. The van der Waals surface area contributed by atoms with Gasteiger partial charge in [0.25, 0.3) is 0 Å². The maximum Gasteiger partial charge on any atom is 0.168 e. The molecule has 0 aromatic heterocycles. The fourth-order valence-electron chi connectivity index (χ4n) is 1.56. The van der Waals surface area contributed by atoms with E-state index in [9.17, 15) is 9.18 Å². The zero-order valence-electron chi connectivity index (χ0n) is 11.1. The van der Waals surface area contributed by atoms with Gasteiger partial charge in [0.15, 0.2) is 17.3 Å². The lowest BCUT2D eigenvalue weighted by Crippen LogP contribution is -2.31. The van der Waals surface area contributed by atoms with Crippen LogP contribution in [0.3, 0.4) is 0 Å². The first-order valence-electron chi connectivity index (χ1n) is 6.15. The Labute approximate surface area is 107 Å². The molecule has 0 amide bonds. The molecule has 1 atom stereocenters. The third kappa shape index (κ3) is 4.11. The predicted molar refractivity (Wildman–Crippen MR) is 69.4 cm³/mol. The molecular weight excluding hydrogens is 233 g/mol. The largest absolute Gasteiger partial charge is 0.494 e. The fourth-order valence-corrected chi connectivity index (χ4v) is 1.56. The first-order chi connectivity index (χ1) is 8.58. The van der Waals surface area contributed by atoms with E-state index >= 15 is 0 Å². The highest BCUT2D eigenvalue weighted by Gasteiger charge is 2.12. The van der Waals surface area contributed by atoms with Crippen molar-refractivity contribution in [3.8, 4) is 5.75 Å². The number of carbonyl (C=O) groups is 1. The number of methoxy groups -OCH3 is 1. The second kappa shape index (κ2) is 7.11. The Morgan fingerprint density at radius 3 is 2.83 bits per heavy atom. The maximum atomic E-state index is 13.8. The van der Waals surface area contributed by atoms with Gasteiger partial charge in [-0.1, -0.05) is 19.1 Å². The number of nitrogens with one attached hydrogen (secondary N) is 1. The summed E-state index contributed by atoms with van der Waals surface area (Å²) < 4.78 is 18.7. The number of hydrogen-bond acceptors (Lipinski definition) is 3. The molecular formula is C14H20FNO2. The summed E-state index contributed by atoms with van der Waals surface area (Å²) in [5.41, 5.74) is 0.380. The van der Waals surface area contributed by atoms with Crippen molar-refractivity contribution in [1.29, 1.82) is 0 Å². The van der Waals surface area contributed by atoms with E-state index in [1.54, 1.807) is 18.2 Å². The molecule has 0 aliphatic rings. The minimum absolute atomic E-state index is 0.0255. The minimum atomic E-state index is -0.447. The summed E-state index contributed by atoms with van der Waals surface area (Å²) >= 11 is 0. The second-order valence-corrected chi connectivity index (χ2v) is 4.34. The first kappa shape index (κ1) is 14.6. The van der Waals surface area contributed by atoms with Crippen LogP contribution in [-0.2, 0) is 11.2 Å². The second-order valence-electron chi connectivity index (χ2n) is 4.34. The molecule has 1 unspecified atom stereocenters.